The first-order valence-corrected chi connectivity index (χ1v) is 12.2. The number of carbonyl (C=O) groups excluding carboxylic acids is 2. The van der Waals surface area contributed by atoms with Crippen molar-refractivity contribution in [1.82, 2.24) is 9.97 Å². The van der Waals surface area contributed by atoms with Crippen molar-refractivity contribution in [2.24, 2.45) is 0 Å². The first-order valence-electron chi connectivity index (χ1n) is 11.4. The number of nitrogens with one attached hydrogen (secondary N) is 1. The van der Waals surface area contributed by atoms with Gasteiger partial charge in [-0.15, -0.1) is 0 Å². The van der Waals surface area contributed by atoms with Crippen molar-refractivity contribution in [3.05, 3.63) is 77.9 Å². The van der Waals surface area contributed by atoms with E-state index in [4.69, 9.17) is 19.2 Å². The molecular weight excluding hydrogens is 490 g/mol. The summed E-state index contributed by atoms with van der Waals surface area (Å²) in [6.45, 7) is 1.55. The lowest BCUT2D eigenvalue weighted by atomic mass is 10.0. The van der Waals surface area contributed by atoms with Crippen molar-refractivity contribution in [2.75, 3.05) is 26.1 Å². The van der Waals surface area contributed by atoms with Gasteiger partial charge < -0.3 is 14.2 Å². The van der Waals surface area contributed by atoms with Crippen LogP contribution in [0.15, 0.2) is 66.7 Å². The first-order chi connectivity index (χ1) is 17.9. The van der Waals surface area contributed by atoms with Crippen LogP contribution in [0.25, 0.3) is 32.4 Å². The number of thiazole rings is 1. The van der Waals surface area contributed by atoms with Crippen LogP contribution in [-0.4, -0.2) is 42.7 Å². The summed E-state index contributed by atoms with van der Waals surface area (Å²) in [5, 5.41) is 3.78. The smallest absolute Gasteiger partial charge is 0.339 e. The second kappa shape index (κ2) is 10.2. The van der Waals surface area contributed by atoms with E-state index in [0.717, 1.165) is 21.3 Å². The third-order valence-electron chi connectivity index (χ3n) is 5.74. The number of aryl methyl sites for hydroxylation is 1. The fraction of sp³-hybridized carbons (Fsp3) is 0.143. The number of nitrogens with zero attached hydrogens (tertiary/aromatic N) is 2. The average Bonchev–Trinajstić information content (AvgIpc) is 3.31. The second-order valence-corrected chi connectivity index (χ2v) is 9.29. The maximum atomic E-state index is 13.1. The number of aromatic nitrogens is 2. The van der Waals surface area contributed by atoms with E-state index in [0.29, 0.717) is 38.8 Å². The van der Waals surface area contributed by atoms with E-state index in [1.807, 2.05) is 49.4 Å². The highest BCUT2D eigenvalue weighted by molar-refractivity contribution is 7.22. The Hall–Kier alpha value is -4.50. The van der Waals surface area contributed by atoms with E-state index in [1.165, 1.54) is 11.3 Å². The summed E-state index contributed by atoms with van der Waals surface area (Å²) in [4.78, 5) is 34.7. The molecule has 0 saturated carbocycles. The van der Waals surface area contributed by atoms with Gasteiger partial charge in [-0.1, -0.05) is 35.6 Å². The first kappa shape index (κ1) is 24.2. The van der Waals surface area contributed by atoms with E-state index < -0.39 is 18.5 Å². The Morgan fingerprint density at radius 1 is 0.892 bits per heavy atom. The number of rotatable bonds is 7. The van der Waals surface area contributed by atoms with E-state index in [-0.39, 0.29) is 0 Å². The van der Waals surface area contributed by atoms with E-state index in [2.05, 4.69) is 10.3 Å². The standard InChI is InChI=1S/C28H23N3O5S/c1-16-8-10-21-25(12-16)37-28(30-21)31-26(32)15-36-27(33)19-14-22(29-20-7-5-4-6-18(19)20)17-9-11-23(34-2)24(13-17)35-3/h4-14H,15H2,1-3H3,(H,30,31,32). The van der Waals surface area contributed by atoms with Gasteiger partial charge >= 0.3 is 5.97 Å². The van der Waals surface area contributed by atoms with Crippen molar-refractivity contribution in [3.8, 4) is 22.8 Å². The van der Waals surface area contributed by atoms with Gasteiger partial charge in [-0.05, 0) is 55.0 Å². The zero-order valence-electron chi connectivity index (χ0n) is 20.4. The number of hydrogen-bond acceptors (Lipinski definition) is 8. The normalized spacial score (nSPS) is 10.9. The third kappa shape index (κ3) is 5.07. The van der Waals surface area contributed by atoms with Crippen molar-refractivity contribution < 1.29 is 23.8 Å². The molecule has 1 amide bonds. The van der Waals surface area contributed by atoms with Crippen LogP contribution in [-0.2, 0) is 9.53 Å². The van der Waals surface area contributed by atoms with Crippen LogP contribution in [0.5, 0.6) is 11.5 Å². The minimum Gasteiger partial charge on any atom is -0.493 e. The highest BCUT2D eigenvalue weighted by Crippen LogP contribution is 2.33. The summed E-state index contributed by atoms with van der Waals surface area (Å²) in [6, 6.07) is 20.2. The van der Waals surface area contributed by atoms with Gasteiger partial charge in [0.15, 0.2) is 23.2 Å². The lowest BCUT2D eigenvalue weighted by Gasteiger charge is -2.12. The second-order valence-electron chi connectivity index (χ2n) is 8.26. The zero-order valence-corrected chi connectivity index (χ0v) is 21.2. The summed E-state index contributed by atoms with van der Waals surface area (Å²) in [5.41, 5.74) is 4.13. The van der Waals surface area contributed by atoms with Crippen LogP contribution in [0.1, 0.15) is 15.9 Å². The van der Waals surface area contributed by atoms with Gasteiger partial charge in [0, 0.05) is 10.9 Å². The molecule has 1 N–H and O–H groups in total. The highest BCUT2D eigenvalue weighted by Gasteiger charge is 2.18. The Morgan fingerprint density at radius 2 is 1.70 bits per heavy atom. The third-order valence-corrected chi connectivity index (χ3v) is 6.67. The van der Waals surface area contributed by atoms with Crippen molar-refractivity contribution in [2.45, 2.75) is 6.92 Å². The fourth-order valence-corrected chi connectivity index (χ4v) is 4.92. The van der Waals surface area contributed by atoms with Crippen LogP contribution in [0, 0.1) is 6.92 Å². The SMILES string of the molecule is COc1ccc(-c2cc(C(=O)OCC(=O)Nc3nc4ccc(C)cc4s3)c3ccccc3n2)cc1OC. The lowest BCUT2D eigenvalue weighted by molar-refractivity contribution is -0.119. The number of para-hydroxylation sites is 1. The number of esters is 1. The van der Waals surface area contributed by atoms with Gasteiger partial charge in [0.25, 0.3) is 5.91 Å². The fourth-order valence-electron chi connectivity index (χ4n) is 3.94. The minimum absolute atomic E-state index is 0.304. The summed E-state index contributed by atoms with van der Waals surface area (Å²) < 4.78 is 17.1. The van der Waals surface area contributed by atoms with Gasteiger partial charge in [-0.3, -0.25) is 10.1 Å². The number of anilines is 1. The molecule has 37 heavy (non-hydrogen) atoms. The summed E-state index contributed by atoms with van der Waals surface area (Å²) in [6.07, 6.45) is 0. The molecule has 3 aromatic carbocycles. The number of amides is 1. The number of fused-ring (bicyclic) bond motifs is 2. The Labute approximate surface area is 216 Å². The molecule has 0 aliphatic rings. The highest BCUT2D eigenvalue weighted by atomic mass is 32.1. The number of carbonyl (C=O) groups is 2. The molecule has 2 heterocycles. The van der Waals surface area contributed by atoms with Crippen molar-refractivity contribution >= 4 is 49.5 Å². The average molecular weight is 514 g/mol. The monoisotopic (exact) mass is 513 g/mol. The summed E-state index contributed by atoms with van der Waals surface area (Å²) >= 11 is 1.37. The Kier molecular flexibility index (Phi) is 6.70. The molecule has 5 rings (SSSR count). The molecule has 9 heteroatoms. The molecule has 186 valence electrons. The molecule has 5 aromatic rings. The molecule has 0 fully saturated rings. The predicted octanol–water partition coefficient (Wildman–Crippen LogP) is 5.63. The van der Waals surface area contributed by atoms with Gasteiger partial charge in [0.1, 0.15) is 0 Å². The van der Waals surface area contributed by atoms with Crippen LogP contribution in [0.3, 0.4) is 0 Å². The molecule has 0 bridgehead atoms. The summed E-state index contributed by atoms with van der Waals surface area (Å²) in [5.74, 6) is 0.0275. The number of hydrogen-bond donors (Lipinski definition) is 1. The van der Waals surface area contributed by atoms with E-state index >= 15 is 0 Å². The zero-order chi connectivity index (χ0) is 25.9. The molecule has 0 spiro atoms. The molecule has 0 unspecified atom stereocenters. The number of benzene rings is 3. The molecule has 0 aliphatic carbocycles. The van der Waals surface area contributed by atoms with Crippen LogP contribution >= 0.6 is 11.3 Å². The maximum absolute atomic E-state index is 13.1. The van der Waals surface area contributed by atoms with Gasteiger partial charge in [0.05, 0.1) is 41.2 Å². The Morgan fingerprint density at radius 3 is 2.51 bits per heavy atom. The number of ether oxygens (including phenoxy) is 3. The van der Waals surface area contributed by atoms with Gasteiger partial charge in [-0.25, -0.2) is 14.8 Å². The van der Waals surface area contributed by atoms with Crippen LogP contribution in [0.2, 0.25) is 0 Å². The van der Waals surface area contributed by atoms with Gasteiger partial charge in [-0.2, -0.15) is 0 Å². The van der Waals surface area contributed by atoms with Crippen molar-refractivity contribution in [1.29, 1.82) is 0 Å². The number of methoxy groups -OCH3 is 2. The number of pyridine rings is 1. The van der Waals surface area contributed by atoms with Crippen LogP contribution < -0.4 is 14.8 Å². The Balaban J connectivity index is 1.37. The molecule has 0 aliphatic heterocycles. The van der Waals surface area contributed by atoms with E-state index in [9.17, 15) is 9.59 Å². The molecule has 0 saturated heterocycles. The van der Waals surface area contributed by atoms with Crippen LogP contribution in [0.4, 0.5) is 5.13 Å². The molecule has 0 atom stereocenters. The van der Waals surface area contributed by atoms with Crippen molar-refractivity contribution in [3.63, 3.8) is 0 Å². The predicted molar refractivity (Wildman–Crippen MR) is 144 cm³/mol. The largest absolute Gasteiger partial charge is 0.493 e. The molecule has 0 radical (unpaired) electrons. The molecule has 8 nitrogen and oxygen atoms in total. The minimum atomic E-state index is -0.629. The topological polar surface area (TPSA) is 99.6 Å². The Bertz CT molecular complexity index is 1650. The summed E-state index contributed by atoms with van der Waals surface area (Å²) in [7, 11) is 3.12. The lowest BCUT2D eigenvalue weighted by Crippen LogP contribution is -2.21. The maximum Gasteiger partial charge on any atom is 0.339 e. The molecule has 2 aromatic heterocycles. The quantitative estimate of drug-likeness (QED) is 0.282. The molecular formula is C28H23N3O5S. The van der Waals surface area contributed by atoms with E-state index in [1.54, 1.807) is 38.5 Å². The van der Waals surface area contributed by atoms with Gasteiger partial charge in [0.2, 0.25) is 0 Å².